The van der Waals surface area contributed by atoms with Crippen LogP contribution in [0.3, 0.4) is 0 Å². The maximum absolute atomic E-state index is 12.3. The Morgan fingerprint density at radius 2 is 2.22 bits per heavy atom. The van der Waals surface area contributed by atoms with Gasteiger partial charge in [-0.15, -0.1) is 0 Å². The predicted molar refractivity (Wildman–Crippen MR) is 73.8 cm³/mol. The second-order valence-corrected chi connectivity index (χ2v) is 5.68. The number of halogens is 1. The van der Waals surface area contributed by atoms with Crippen molar-refractivity contribution in [1.82, 2.24) is 9.80 Å². The Balaban J connectivity index is 2.10. The summed E-state index contributed by atoms with van der Waals surface area (Å²) in [6, 6.07) is 5.37. The first kappa shape index (κ1) is 13.4. The van der Waals surface area contributed by atoms with E-state index in [1.165, 1.54) is 6.07 Å². The van der Waals surface area contributed by atoms with Crippen LogP contribution in [-0.4, -0.2) is 54.0 Å². The van der Waals surface area contributed by atoms with Crippen molar-refractivity contribution >= 4 is 21.8 Å². The first-order valence-corrected chi connectivity index (χ1v) is 6.72. The maximum atomic E-state index is 12.3. The molecule has 0 spiro atoms. The van der Waals surface area contributed by atoms with Crippen LogP contribution >= 0.6 is 15.9 Å². The Kier molecular flexibility index (Phi) is 3.92. The molecule has 1 saturated heterocycles. The van der Waals surface area contributed by atoms with Crippen LogP contribution in [0.5, 0.6) is 5.75 Å². The molecule has 1 aromatic rings. The van der Waals surface area contributed by atoms with Crippen LogP contribution in [0, 0.1) is 0 Å². The van der Waals surface area contributed by atoms with Gasteiger partial charge in [0.2, 0.25) is 0 Å². The Bertz CT molecular complexity index is 462. The quantitative estimate of drug-likeness (QED) is 0.907. The van der Waals surface area contributed by atoms with E-state index in [4.69, 9.17) is 0 Å². The normalized spacial score (nSPS) is 19.6. The second kappa shape index (κ2) is 5.28. The third-order valence-corrected chi connectivity index (χ3v) is 4.04. The first-order chi connectivity index (χ1) is 8.49. The number of hydrogen-bond acceptors (Lipinski definition) is 3. The standard InChI is InChI=1S/C13H17BrN2O2/c1-15(2)10-5-6-16(8-10)13(18)9-3-4-11(14)12(17)7-9/h3-4,7,10,17H,5-6,8H2,1-2H3. The number of aromatic hydroxyl groups is 1. The molecule has 5 heteroatoms. The van der Waals surface area contributed by atoms with E-state index in [0.29, 0.717) is 16.1 Å². The average Bonchev–Trinajstić information content (AvgIpc) is 2.81. The van der Waals surface area contributed by atoms with Crippen LogP contribution in [0.2, 0.25) is 0 Å². The molecule has 1 aromatic carbocycles. The molecule has 18 heavy (non-hydrogen) atoms. The fourth-order valence-corrected chi connectivity index (χ4v) is 2.42. The third kappa shape index (κ3) is 2.67. The number of phenolic OH excluding ortho intramolecular Hbond substituents is 1. The molecular weight excluding hydrogens is 296 g/mol. The van der Waals surface area contributed by atoms with Gasteiger partial charge < -0.3 is 14.9 Å². The first-order valence-electron chi connectivity index (χ1n) is 5.93. The Hall–Kier alpha value is -1.07. The zero-order chi connectivity index (χ0) is 13.3. The number of phenols is 1. The topological polar surface area (TPSA) is 43.8 Å². The van der Waals surface area contributed by atoms with Crippen LogP contribution in [0.15, 0.2) is 22.7 Å². The van der Waals surface area contributed by atoms with Crippen LogP contribution in [0.1, 0.15) is 16.8 Å². The molecule has 98 valence electrons. The van der Waals surface area contributed by atoms with Crippen LogP contribution in [0.4, 0.5) is 0 Å². The number of rotatable bonds is 2. The highest BCUT2D eigenvalue weighted by Crippen LogP contribution is 2.25. The Morgan fingerprint density at radius 3 is 2.78 bits per heavy atom. The minimum Gasteiger partial charge on any atom is -0.507 e. The van der Waals surface area contributed by atoms with E-state index in [9.17, 15) is 9.90 Å². The minimum absolute atomic E-state index is 0.0119. The van der Waals surface area contributed by atoms with Gasteiger partial charge in [0.15, 0.2) is 0 Å². The smallest absolute Gasteiger partial charge is 0.254 e. The number of carbonyl (C=O) groups excluding carboxylic acids is 1. The molecule has 4 nitrogen and oxygen atoms in total. The van der Waals surface area contributed by atoms with Gasteiger partial charge in [0.25, 0.3) is 5.91 Å². The number of hydrogen-bond donors (Lipinski definition) is 1. The van der Waals surface area contributed by atoms with Gasteiger partial charge in [0, 0.05) is 24.7 Å². The highest BCUT2D eigenvalue weighted by Gasteiger charge is 2.28. The number of nitrogens with zero attached hydrogens (tertiary/aromatic N) is 2. The van der Waals surface area contributed by atoms with Gasteiger partial charge in [-0.05, 0) is 54.6 Å². The molecule has 0 bridgehead atoms. The molecule has 1 heterocycles. The molecule has 1 fully saturated rings. The molecule has 1 atom stereocenters. The summed E-state index contributed by atoms with van der Waals surface area (Å²) in [5, 5.41) is 9.61. The summed E-state index contributed by atoms with van der Waals surface area (Å²) in [7, 11) is 4.06. The fourth-order valence-electron chi connectivity index (χ4n) is 2.18. The largest absolute Gasteiger partial charge is 0.507 e. The lowest BCUT2D eigenvalue weighted by Gasteiger charge is -2.20. The molecule has 2 rings (SSSR count). The molecular formula is C13H17BrN2O2. The van der Waals surface area contributed by atoms with E-state index >= 15 is 0 Å². The number of benzene rings is 1. The minimum atomic E-state index is -0.0119. The van der Waals surface area contributed by atoms with Gasteiger partial charge >= 0.3 is 0 Å². The molecule has 0 aliphatic carbocycles. The SMILES string of the molecule is CN(C)C1CCN(C(=O)c2ccc(Br)c(O)c2)C1. The lowest BCUT2D eigenvalue weighted by Crippen LogP contribution is -2.34. The Morgan fingerprint density at radius 1 is 1.50 bits per heavy atom. The number of amides is 1. The summed E-state index contributed by atoms with van der Waals surface area (Å²) in [5.41, 5.74) is 0.537. The van der Waals surface area contributed by atoms with Crippen molar-refractivity contribution in [2.75, 3.05) is 27.2 Å². The van der Waals surface area contributed by atoms with Gasteiger partial charge in [0.05, 0.1) is 4.47 Å². The molecule has 1 aliphatic rings. The van der Waals surface area contributed by atoms with Crippen LogP contribution in [0.25, 0.3) is 0 Å². The van der Waals surface area contributed by atoms with Crippen molar-refractivity contribution in [3.8, 4) is 5.75 Å². The fraction of sp³-hybridized carbons (Fsp3) is 0.462. The molecule has 0 aromatic heterocycles. The highest BCUT2D eigenvalue weighted by molar-refractivity contribution is 9.10. The molecule has 1 N–H and O–H groups in total. The van der Waals surface area contributed by atoms with E-state index in [1.54, 1.807) is 12.1 Å². The van der Waals surface area contributed by atoms with Gasteiger partial charge in [-0.2, -0.15) is 0 Å². The molecule has 0 radical (unpaired) electrons. The monoisotopic (exact) mass is 312 g/mol. The summed E-state index contributed by atoms with van der Waals surface area (Å²) in [4.78, 5) is 16.2. The average molecular weight is 313 g/mol. The van der Waals surface area contributed by atoms with Gasteiger partial charge in [-0.25, -0.2) is 0 Å². The Labute approximate surface area is 115 Å². The summed E-state index contributed by atoms with van der Waals surface area (Å²) in [6.07, 6.45) is 1.00. The summed E-state index contributed by atoms with van der Waals surface area (Å²) in [6.45, 7) is 1.53. The van der Waals surface area contributed by atoms with Crippen molar-refractivity contribution < 1.29 is 9.90 Å². The summed E-state index contributed by atoms with van der Waals surface area (Å²) in [5.74, 6) is 0.0892. The third-order valence-electron chi connectivity index (χ3n) is 3.37. The lowest BCUT2D eigenvalue weighted by molar-refractivity contribution is 0.0782. The van der Waals surface area contributed by atoms with Crippen molar-refractivity contribution in [3.63, 3.8) is 0 Å². The van der Waals surface area contributed by atoms with Crippen molar-refractivity contribution in [2.24, 2.45) is 0 Å². The number of likely N-dealkylation sites (tertiary alicyclic amines) is 1. The van der Waals surface area contributed by atoms with Gasteiger partial charge in [-0.3, -0.25) is 4.79 Å². The number of carbonyl (C=O) groups is 1. The van der Waals surface area contributed by atoms with Gasteiger partial charge in [-0.1, -0.05) is 0 Å². The summed E-state index contributed by atoms with van der Waals surface area (Å²) >= 11 is 3.21. The molecule has 1 aliphatic heterocycles. The van der Waals surface area contributed by atoms with E-state index in [-0.39, 0.29) is 11.7 Å². The van der Waals surface area contributed by atoms with Crippen molar-refractivity contribution in [2.45, 2.75) is 12.5 Å². The van der Waals surface area contributed by atoms with E-state index < -0.39 is 0 Å². The van der Waals surface area contributed by atoms with Crippen LogP contribution < -0.4 is 0 Å². The van der Waals surface area contributed by atoms with E-state index in [0.717, 1.165) is 19.5 Å². The van der Waals surface area contributed by atoms with Gasteiger partial charge in [0.1, 0.15) is 5.75 Å². The predicted octanol–water partition coefficient (Wildman–Crippen LogP) is 1.93. The lowest BCUT2D eigenvalue weighted by atomic mass is 10.2. The van der Waals surface area contributed by atoms with Crippen molar-refractivity contribution in [3.05, 3.63) is 28.2 Å². The highest BCUT2D eigenvalue weighted by atomic mass is 79.9. The maximum Gasteiger partial charge on any atom is 0.254 e. The number of likely N-dealkylation sites (N-methyl/N-ethyl adjacent to an activating group) is 1. The zero-order valence-electron chi connectivity index (χ0n) is 10.6. The zero-order valence-corrected chi connectivity index (χ0v) is 12.1. The molecule has 0 saturated carbocycles. The summed E-state index contributed by atoms with van der Waals surface area (Å²) < 4.78 is 0.603. The van der Waals surface area contributed by atoms with Crippen molar-refractivity contribution in [1.29, 1.82) is 0 Å². The van der Waals surface area contributed by atoms with Crippen LogP contribution in [-0.2, 0) is 0 Å². The second-order valence-electron chi connectivity index (χ2n) is 4.82. The van der Waals surface area contributed by atoms with E-state index in [1.807, 2.05) is 19.0 Å². The molecule has 1 unspecified atom stereocenters. The molecule has 1 amide bonds. The van der Waals surface area contributed by atoms with E-state index in [2.05, 4.69) is 20.8 Å².